The first kappa shape index (κ1) is 17.5. The van der Waals surface area contributed by atoms with E-state index in [-0.39, 0.29) is 40.3 Å². The van der Waals surface area contributed by atoms with Crippen molar-refractivity contribution >= 4 is 5.78 Å². The number of carbonyl (C=O) groups excluding carboxylic acids is 1. The van der Waals surface area contributed by atoms with E-state index in [0.717, 1.165) is 25.7 Å². The van der Waals surface area contributed by atoms with Crippen molar-refractivity contribution in [1.82, 2.24) is 0 Å². The maximum absolute atomic E-state index is 12.6. The number of hydrogen-bond acceptors (Lipinski definition) is 4. The van der Waals surface area contributed by atoms with Crippen LogP contribution in [0.2, 0.25) is 0 Å². The second-order valence-electron chi connectivity index (χ2n) is 9.61. The minimum Gasteiger partial charge on any atom is -0.393 e. The molecule has 25 heavy (non-hydrogen) atoms. The number of hydrogen-bond donors (Lipinski definition) is 3. The van der Waals surface area contributed by atoms with Crippen LogP contribution in [-0.2, 0) is 4.79 Å². The zero-order valence-corrected chi connectivity index (χ0v) is 15.2. The van der Waals surface area contributed by atoms with Gasteiger partial charge < -0.3 is 15.3 Å². The normalized spacial score (nSPS) is 58.0. The van der Waals surface area contributed by atoms with Crippen LogP contribution in [0.4, 0.5) is 0 Å². The van der Waals surface area contributed by atoms with E-state index < -0.39 is 17.8 Å². The Bertz CT molecular complexity index is 638. The number of rotatable bonds is 0. The van der Waals surface area contributed by atoms with Gasteiger partial charge in [-0.3, -0.25) is 4.79 Å². The van der Waals surface area contributed by atoms with Crippen LogP contribution in [-0.4, -0.2) is 38.9 Å². The smallest absolute Gasteiger partial charge is 0.164 e. The van der Waals surface area contributed by atoms with Crippen LogP contribution in [0.1, 0.15) is 58.8 Å². The van der Waals surface area contributed by atoms with Crippen LogP contribution in [0.3, 0.4) is 0 Å². The molecular formula is C21H30O4. The second-order valence-corrected chi connectivity index (χ2v) is 9.61. The van der Waals surface area contributed by atoms with Crippen molar-refractivity contribution in [3.8, 4) is 12.3 Å². The average Bonchev–Trinajstić information content (AvgIpc) is 2.86. The number of carbonyl (C=O) groups is 1. The summed E-state index contributed by atoms with van der Waals surface area (Å²) in [7, 11) is 0. The molecule has 4 saturated carbocycles. The van der Waals surface area contributed by atoms with E-state index >= 15 is 0 Å². The van der Waals surface area contributed by atoms with Crippen molar-refractivity contribution in [2.45, 2.75) is 76.6 Å². The van der Waals surface area contributed by atoms with E-state index in [1.165, 1.54) is 0 Å². The highest BCUT2D eigenvalue weighted by Crippen LogP contribution is 2.67. The van der Waals surface area contributed by atoms with Gasteiger partial charge in [-0.05, 0) is 68.1 Å². The maximum atomic E-state index is 12.6. The largest absolute Gasteiger partial charge is 0.393 e. The molecule has 0 amide bonds. The zero-order valence-electron chi connectivity index (χ0n) is 15.2. The molecule has 4 unspecified atom stereocenters. The van der Waals surface area contributed by atoms with Gasteiger partial charge >= 0.3 is 0 Å². The molecule has 4 heteroatoms. The minimum atomic E-state index is -1.08. The summed E-state index contributed by atoms with van der Waals surface area (Å²) in [6, 6.07) is 0. The molecule has 0 aliphatic heterocycles. The highest BCUT2D eigenvalue weighted by atomic mass is 16.3. The van der Waals surface area contributed by atoms with E-state index in [0.29, 0.717) is 19.3 Å². The standard InChI is InChI=1S/C21H30O4/c1-4-21(25)10-6-13-17-12(5-9-20(13,21)3)19(2)8-7-15(22)18(24)14(19)11-16(17)23/h1,12-17,22-23,25H,5-11H2,2-3H3/t12-,13+,14?,15?,16?,17-,19-,20+,21?/m1/s1. The van der Waals surface area contributed by atoms with Gasteiger partial charge in [0.15, 0.2) is 5.78 Å². The summed E-state index contributed by atoms with van der Waals surface area (Å²) in [4.78, 5) is 12.6. The third-order valence-corrected chi connectivity index (χ3v) is 8.92. The molecule has 0 heterocycles. The zero-order chi connectivity index (χ0) is 18.2. The van der Waals surface area contributed by atoms with Crippen molar-refractivity contribution in [3.63, 3.8) is 0 Å². The Labute approximate surface area is 150 Å². The van der Waals surface area contributed by atoms with Crippen LogP contribution in [0.15, 0.2) is 0 Å². The summed E-state index contributed by atoms with van der Waals surface area (Å²) >= 11 is 0. The number of fused-ring (bicyclic) bond motifs is 5. The second kappa shape index (κ2) is 5.31. The summed E-state index contributed by atoms with van der Waals surface area (Å²) in [5.74, 6) is 2.88. The lowest BCUT2D eigenvalue weighted by atomic mass is 9.43. The molecule has 4 nitrogen and oxygen atoms in total. The van der Waals surface area contributed by atoms with Gasteiger partial charge in [0.2, 0.25) is 0 Å². The van der Waals surface area contributed by atoms with Crippen molar-refractivity contribution in [1.29, 1.82) is 0 Å². The molecule has 4 aliphatic rings. The fraction of sp³-hybridized carbons (Fsp3) is 0.857. The lowest BCUT2D eigenvalue weighted by Crippen LogP contribution is -2.62. The molecule has 4 fully saturated rings. The van der Waals surface area contributed by atoms with E-state index in [1.807, 2.05) is 0 Å². The Morgan fingerprint density at radius 3 is 2.44 bits per heavy atom. The van der Waals surface area contributed by atoms with Crippen molar-refractivity contribution in [3.05, 3.63) is 0 Å². The Hall–Kier alpha value is -0.890. The molecule has 0 aromatic heterocycles. The van der Waals surface area contributed by atoms with Crippen molar-refractivity contribution < 1.29 is 20.1 Å². The molecule has 4 aliphatic carbocycles. The number of Topliss-reactive ketones (excluding diaryl/α,β-unsaturated/α-hetero) is 1. The summed E-state index contributed by atoms with van der Waals surface area (Å²) in [6.07, 6.45) is 9.23. The number of aliphatic hydroxyl groups is 3. The first-order valence-corrected chi connectivity index (χ1v) is 9.78. The quantitative estimate of drug-likeness (QED) is 0.586. The van der Waals surface area contributed by atoms with Gasteiger partial charge in [-0.1, -0.05) is 19.8 Å². The minimum absolute atomic E-state index is 0.0777. The van der Waals surface area contributed by atoms with Crippen LogP contribution >= 0.6 is 0 Å². The fourth-order valence-corrected chi connectivity index (χ4v) is 7.30. The molecule has 4 rings (SSSR count). The van der Waals surface area contributed by atoms with Gasteiger partial charge in [-0.25, -0.2) is 0 Å². The molecule has 3 N–H and O–H groups in total. The molecule has 138 valence electrons. The van der Waals surface area contributed by atoms with E-state index in [1.54, 1.807) is 0 Å². The number of aliphatic hydroxyl groups excluding tert-OH is 2. The SMILES string of the molecule is C#CC1(O)CC[C@H]2[C@@H]3C(O)CC4C(=O)C(O)CC[C@]4(C)[C@@H]3CC[C@@]21C. The Balaban J connectivity index is 1.72. The van der Waals surface area contributed by atoms with E-state index in [9.17, 15) is 20.1 Å². The highest BCUT2D eigenvalue weighted by molar-refractivity contribution is 5.87. The third kappa shape index (κ3) is 2.04. The summed E-state index contributed by atoms with van der Waals surface area (Å²) < 4.78 is 0. The Kier molecular flexibility index (Phi) is 3.72. The Morgan fingerprint density at radius 1 is 1.08 bits per heavy atom. The highest BCUT2D eigenvalue weighted by Gasteiger charge is 2.67. The Morgan fingerprint density at radius 2 is 1.76 bits per heavy atom. The monoisotopic (exact) mass is 346 g/mol. The lowest BCUT2D eigenvalue weighted by molar-refractivity contribution is -0.187. The summed E-state index contributed by atoms with van der Waals surface area (Å²) in [5, 5.41) is 32.0. The molecular weight excluding hydrogens is 316 g/mol. The van der Waals surface area contributed by atoms with Gasteiger partial charge in [0, 0.05) is 11.3 Å². The topological polar surface area (TPSA) is 77.8 Å². The average molecular weight is 346 g/mol. The van der Waals surface area contributed by atoms with Crippen molar-refractivity contribution in [2.24, 2.45) is 34.5 Å². The molecule has 0 aromatic rings. The molecule has 9 atom stereocenters. The molecule has 0 spiro atoms. The third-order valence-electron chi connectivity index (χ3n) is 8.92. The van der Waals surface area contributed by atoms with Crippen molar-refractivity contribution in [2.75, 3.05) is 0 Å². The number of terminal acetylenes is 1. The van der Waals surface area contributed by atoms with Crippen LogP contribution in [0.5, 0.6) is 0 Å². The predicted octanol–water partition coefficient (Wildman–Crippen LogP) is 1.90. The van der Waals surface area contributed by atoms with Gasteiger partial charge in [0.1, 0.15) is 11.7 Å². The summed E-state index contributed by atoms with van der Waals surface area (Å²) in [6.45, 7) is 4.29. The van der Waals surface area contributed by atoms with Gasteiger partial charge in [0.25, 0.3) is 0 Å². The van der Waals surface area contributed by atoms with Gasteiger partial charge in [0.05, 0.1) is 6.10 Å². The van der Waals surface area contributed by atoms with Crippen LogP contribution in [0, 0.1) is 46.8 Å². The molecule has 0 aromatic carbocycles. The van der Waals surface area contributed by atoms with Crippen LogP contribution in [0.25, 0.3) is 0 Å². The lowest BCUT2D eigenvalue weighted by Gasteiger charge is -2.61. The fourth-order valence-electron chi connectivity index (χ4n) is 7.30. The molecule has 0 radical (unpaired) electrons. The van der Waals surface area contributed by atoms with E-state index in [2.05, 4.69) is 19.8 Å². The number of ketones is 1. The first-order chi connectivity index (χ1) is 11.7. The predicted molar refractivity (Wildman–Crippen MR) is 93.3 cm³/mol. The van der Waals surface area contributed by atoms with Crippen LogP contribution < -0.4 is 0 Å². The van der Waals surface area contributed by atoms with Gasteiger partial charge in [-0.2, -0.15) is 0 Å². The van der Waals surface area contributed by atoms with Gasteiger partial charge in [-0.15, -0.1) is 6.42 Å². The molecule has 0 saturated heterocycles. The van der Waals surface area contributed by atoms with E-state index in [4.69, 9.17) is 6.42 Å². The summed E-state index contributed by atoms with van der Waals surface area (Å²) in [5.41, 5.74) is -1.59. The first-order valence-electron chi connectivity index (χ1n) is 9.78. The molecule has 0 bridgehead atoms. The maximum Gasteiger partial charge on any atom is 0.164 e.